The van der Waals surface area contributed by atoms with Crippen LogP contribution in [0.15, 0.2) is 0 Å². The van der Waals surface area contributed by atoms with Gasteiger partial charge in [-0.3, -0.25) is 0 Å². The molecule has 0 spiro atoms. The van der Waals surface area contributed by atoms with Gasteiger partial charge >= 0.3 is 23.3 Å². The van der Waals surface area contributed by atoms with E-state index in [4.69, 9.17) is 0 Å². The molecule has 0 bridgehead atoms. The highest BCUT2D eigenvalue weighted by molar-refractivity contribution is 7.73. The monoisotopic (exact) mass is 284 g/mol. The number of hydrogen-bond acceptors (Lipinski definition) is 2. The minimum Gasteiger partial charge on any atom is -0.225 e. The van der Waals surface area contributed by atoms with E-state index in [1.165, 1.54) is 0 Å². The van der Waals surface area contributed by atoms with Crippen LogP contribution >= 0.6 is 0 Å². The lowest BCUT2D eigenvalue weighted by Gasteiger charge is -2.32. The second-order valence-electron chi connectivity index (χ2n) is 2.45. The van der Waals surface area contributed by atoms with Gasteiger partial charge in [0.15, 0.2) is 0 Å². The first-order valence-electron chi connectivity index (χ1n) is 3.04. The van der Waals surface area contributed by atoms with Gasteiger partial charge in [0, 0.05) is 0 Å². The fourth-order valence-electron chi connectivity index (χ4n) is 0.628. The zero-order valence-electron chi connectivity index (χ0n) is 6.67. The Balaban J connectivity index is 6.02. The molecule has 0 radical (unpaired) electrons. The molecule has 16 heavy (non-hydrogen) atoms. The number of alkyl halides is 9. The smallest absolute Gasteiger partial charge is 0.225 e. The molecule has 0 aliphatic rings. The van der Waals surface area contributed by atoms with E-state index in [2.05, 4.69) is 0 Å². The minimum absolute atomic E-state index is 5.61. The lowest BCUT2D eigenvalue weighted by Crippen LogP contribution is -2.64. The van der Waals surface area contributed by atoms with Crippen LogP contribution in [0.25, 0.3) is 0 Å². The Morgan fingerprint density at radius 1 is 0.625 bits per heavy atom. The van der Waals surface area contributed by atoms with Gasteiger partial charge in [-0.25, -0.2) is 12.8 Å². The van der Waals surface area contributed by atoms with E-state index in [1.807, 2.05) is 0 Å². The summed E-state index contributed by atoms with van der Waals surface area (Å²) >= 11 is 0. The van der Waals surface area contributed by atoms with E-state index < -0.39 is 34.0 Å². The largest absolute Gasteiger partial charge is 0.438 e. The zero-order chi connectivity index (χ0) is 13.6. The first kappa shape index (κ1) is 15.3. The second-order valence-corrected chi connectivity index (χ2v) is 3.53. The van der Waals surface area contributed by atoms with Crippen molar-refractivity contribution in [2.75, 3.05) is 0 Å². The lowest BCUT2D eigenvalue weighted by molar-refractivity contribution is -0.378. The van der Waals surface area contributed by atoms with Crippen molar-refractivity contribution in [2.45, 2.75) is 23.3 Å². The molecule has 0 amide bonds. The molecule has 0 unspecified atom stereocenters. The highest BCUT2D eigenvalue weighted by Crippen LogP contribution is 2.54. The van der Waals surface area contributed by atoms with E-state index in [9.17, 15) is 47.9 Å². The minimum atomic E-state index is -7.14. The Labute approximate surface area is 83.0 Å². The fourth-order valence-corrected chi connectivity index (χ4v) is 1.13. The summed E-state index contributed by atoms with van der Waals surface area (Å²) in [5, 5.41) is -6.64. The van der Waals surface area contributed by atoms with Crippen LogP contribution in [0, 0.1) is 0 Å². The second kappa shape index (κ2) is 3.67. The van der Waals surface area contributed by atoms with Gasteiger partial charge < -0.3 is 0 Å². The van der Waals surface area contributed by atoms with Crippen LogP contribution < -0.4 is 0 Å². The number of hydrogen-bond donors (Lipinski definition) is 1. The normalized spacial score (nSPS) is 15.6. The summed E-state index contributed by atoms with van der Waals surface area (Å²) in [7, 11) is -5.61. The third-order valence-electron chi connectivity index (χ3n) is 1.43. The van der Waals surface area contributed by atoms with E-state index in [-0.39, 0.29) is 0 Å². The molecule has 0 aromatic carbocycles. The number of halogens is 9. The summed E-state index contributed by atoms with van der Waals surface area (Å²) in [4.78, 5) is 0. The SMILES string of the molecule is O=[SH](=O)C(F)(F)C(F)(C(F)(F)F)C(F)(F)F. The van der Waals surface area contributed by atoms with Crippen LogP contribution in [-0.2, 0) is 10.7 Å². The van der Waals surface area contributed by atoms with E-state index >= 15 is 0 Å². The van der Waals surface area contributed by atoms with Crippen LogP contribution in [0.1, 0.15) is 0 Å². The van der Waals surface area contributed by atoms with Crippen molar-refractivity contribution in [3.63, 3.8) is 0 Å². The molecule has 0 heterocycles. The number of rotatable bonds is 2. The summed E-state index contributed by atoms with van der Waals surface area (Å²) in [6, 6.07) is 0. The summed E-state index contributed by atoms with van der Waals surface area (Å²) in [6.07, 6.45) is -14.2. The molecule has 98 valence electrons. The Morgan fingerprint density at radius 2 is 0.875 bits per heavy atom. The predicted molar refractivity (Wildman–Crippen MR) is 31.2 cm³/mol. The van der Waals surface area contributed by atoms with Crippen molar-refractivity contribution in [3.05, 3.63) is 0 Å². The maximum Gasteiger partial charge on any atom is 0.438 e. The van der Waals surface area contributed by atoms with Gasteiger partial charge in [-0.05, 0) is 0 Å². The van der Waals surface area contributed by atoms with E-state index in [0.29, 0.717) is 0 Å². The van der Waals surface area contributed by atoms with Gasteiger partial charge in [-0.15, -0.1) is 0 Å². The molecule has 0 rings (SSSR count). The first-order chi connectivity index (χ1) is 6.69. The average Bonchev–Trinajstić information content (AvgIpc) is 1.97. The molecular weight excluding hydrogens is 283 g/mol. The summed E-state index contributed by atoms with van der Waals surface area (Å²) in [5.41, 5.74) is -7.14. The van der Waals surface area contributed by atoms with Gasteiger partial charge in [0.25, 0.3) is 0 Å². The Morgan fingerprint density at radius 3 is 0.938 bits per heavy atom. The maximum atomic E-state index is 12.5. The van der Waals surface area contributed by atoms with Gasteiger partial charge in [-0.2, -0.15) is 35.1 Å². The van der Waals surface area contributed by atoms with Crippen molar-refractivity contribution < 1.29 is 47.9 Å². The first-order valence-corrected chi connectivity index (χ1v) is 4.22. The third kappa shape index (κ3) is 1.94. The van der Waals surface area contributed by atoms with Crippen LogP contribution in [-0.4, -0.2) is 31.7 Å². The molecule has 0 aliphatic carbocycles. The van der Waals surface area contributed by atoms with Crippen LogP contribution in [0.5, 0.6) is 0 Å². The van der Waals surface area contributed by atoms with E-state index in [0.717, 1.165) is 0 Å². The lowest BCUT2D eigenvalue weighted by atomic mass is 10.1. The molecule has 0 aromatic rings. The summed E-state index contributed by atoms with van der Waals surface area (Å²) in [6.45, 7) is 0. The van der Waals surface area contributed by atoms with Crippen LogP contribution in [0.2, 0.25) is 0 Å². The summed E-state index contributed by atoms with van der Waals surface area (Å²) in [5.74, 6) is 0. The molecule has 0 atom stereocenters. The van der Waals surface area contributed by atoms with Crippen LogP contribution in [0.3, 0.4) is 0 Å². The summed E-state index contributed by atoms with van der Waals surface area (Å²) < 4.78 is 126. The molecular formula is C4HF9O2S. The third-order valence-corrected chi connectivity index (χ3v) is 2.19. The zero-order valence-corrected chi connectivity index (χ0v) is 7.56. The Hall–Kier alpha value is -0.680. The molecule has 0 fully saturated rings. The van der Waals surface area contributed by atoms with Gasteiger partial charge in [0.05, 0.1) is 0 Å². The Bertz CT molecular complexity index is 314. The number of thiol groups is 1. The molecule has 0 aromatic heterocycles. The quantitative estimate of drug-likeness (QED) is 0.622. The fraction of sp³-hybridized carbons (Fsp3) is 1.00. The highest BCUT2D eigenvalue weighted by Gasteiger charge is 2.86. The maximum absolute atomic E-state index is 12.5. The molecule has 0 aliphatic heterocycles. The van der Waals surface area contributed by atoms with Gasteiger partial charge in [-0.1, -0.05) is 0 Å². The van der Waals surface area contributed by atoms with Gasteiger partial charge in [0.2, 0.25) is 10.7 Å². The molecule has 12 heteroatoms. The average molecular weight is 284 g/mol. The van der Waals surface area contributed by atoms with Gasteiger partial charge in [0.1, 0.15) is 0 Å². The Kier molecular flexibility index (Phi) is 3.51. The predicted octanol–water partition coefficient (Wildman–Crippen LogP) is 2.02. The molecule has 0 saturated carbocycles. The van der Waals surface area contributed by atoms with Crippen molar-refractivity contribution in [1.29, 1.82) is 0 Å². The highest BCUT2D eigenvalue weighted by atomic mass is 32.2. The van der Waals surface area contributed by atoms with Crippen molar-refractivity contribution in [2.24, 2.45) is 0 Å². The molecule has 0 N–H and O–H groups in total. The standard InChI is InChI=1S/C4HF9O2S/c5-1(2(6,7)8,3(9,10)11)4(12,13)16(14)15/h16H. The van der Waals surface area contributed by atoms with Crippen molar-refractivity contribution in [1.82, 2.24) is 0 Å². The van der Waals surface area contributed by atoms with Crippen LogP contribution in [0.4, 0.5) is 39.5 Å². The van der Waals surface area contributed by atoms with Crippen molar-refractivity contribution in [3.8, 4) is 0 Å². The molecule has 0 saturated heterocycles. The van der Waals surface area contributed by atoms with E-state index in [1.54, 1.807) is 0 Å². The topological polar surface area (TPSA) is 34.1 Å². The molecule has 2 nitrogen and oxygen atoms in total. The van der Waals surface area contributed by atoms with Crippen molar-refractivity contribution >= 4 is 10.7 Å².